The van der Waals surface area contributed by atoms with Gasteiger partial charge in [0.25, 0.3) is 0 Å². The van der Waals surface area contributed by atoms with E-state index in [0.29, 0.717) is 22.1 Å². The Morgan fingerprint density at radius 1 is 1.31 bits per heavy atom. The summed E-state index contributed by atoms with van der Waals surface area (Å²) in [6.45, 7) is 2.93. The van der Waals surface area contributed by atoms with Gasteiger partial charge in [0.1, 0.15) is 23.7 Å². The van der Waals surface area contributed by atoms with Crippen molar-refractivity contribution in [3.8, 4) is 0 Å². The second-order valence-electron chi connectivity index (χ2n) is 5.39. The van der Waals surface area contributed by atoms with E-state index in [1.54, 1.807) is 24.4 Å². The maximum Gasteiger partial charge on any atom is 0.342 e. The average Bonchev–Trinajstić information content (AvgIpc) is 3.23. The van der Waals surface area contributed by atoms with Gasteiger partial charge in [0, 0.05) is 12.3 Å². The fraction of sp³-hybridized carbons (Fsp3) is 0.167. The lowest BCUT2D eigenvalue weighted by molar-refractivity contribution is -0.115. The molecule has 1 aromatic carbocycles. The Balaban J connectivity index is 1.76. The molecule has 0 saturated heterocycles. The summed E-state index contributed by atoms with van der Waals surface area (Å²) in [6, 6.07) is 7.48. The van der Waals surface area contributed by atoms with E-state index in [9.17, 15) is 14.0 Å². The molecule has 26 heavy (non-hydrogen) atoms. The Morgan fingerprint density at radius 3 is 2.73 bits per heavy atom. The lowest BCUT2D eigenvalue weighted by Crippen LogP contribution is -2.23. The highest BCUT2D eigenvalue weighted by Gasteiger charge is 2.21. The van der Waals surface area contributed by atoms with E-state index < -0.39 is 11.8 Å². The van der Waals surface area contributed by atoms with Crippen LogP contribution in [0.5, 0.6) is 0 Å². The Kier molecular flexibility index (Phi) is 5.13. The first kappa shape index (κ1) is 17.8. The number of carbonyl (C=O) groups is 2. The van der Waals surface area contributed by atoms with Crippen LogP contribution < -0.4 is 4.90 Å². The number of furan rings is 1. The predicted molar refractivity (Wildman–Crippen MR) is 93.9 cm³/mol. The molecule has 8 heteroatoms. The van der Waals surface area contributed by atoms with Crippen LogP contribution >= 0.6 is 11.3 Å². The van der Waals surface area contributed by atoms with Crippen LogP contribution in [0.2, 0.25) is 0 Å². The minimum Gasteiger partial charge on any atom is -0.469 e. The van der Waals surface area contributed by atoms with Crippen LogP contribution in [0, 0.1) is 12.7 Å². The molecular weight excluding hydrogens is 359 g/mol. The SMILES string of the molecule is CC(=O)N(c1nc(COC(=O)c2ccoc2C)cs1)c1ccccc1F. The second-order valence-corrected chi connectivity index (χ2v) is 6.23. The van der Waals surface area contributed by atoms with Crippen LogP contribution in [0.3, 0.4) is 0 Å². The Morgan fingerprint density at radius 2 is 2.08 bits per heavy atom. The summed E-state index contributed by atoms with van der Waals surface area (Å²) in [5.41, 5.74) is 0.922. The number of amides is 1. The Bertz CT molecular complexity index is 950. The van der Waals surface area contributed by atoms with Gasteiger partial charge in [-0.25, -0.2) is 14.2 Å². The van der Waals surface area contributed by atoms with Crippen molar-refractivity contribution in [2.75, 3.05) is 4.90 Å². The van der Waals surface area contributed by atoms with Crippen molar-refractivity contribution < 1.29 is 23.1 Å². The molecule has 0 aliphatic heterocycles. The van der Waals surface area contributed by atoms with Crippen molar-refractivity contribution in [3.63, 3.8) is 0 Å². The quantitative estimate of drug-likeness (QED) is 0.625. The Hall–Kier alpha value is -3.00. The van der Waals surface area contributed by atoms with Gasteiger partial charge in [-0.1, -0.05) is 12.1 Å². The number of rotatable bonds is 5. The second kappa shape index (κ2) is 7.49. The third-order valence-corrected chi connectivity index (χ3v) is 4.44. The van der Waals surface area contributed by atoms with Crippen LogP contribution in [0.25, 0.3) is 0 Å². The molecule has 3 rings (SSSR count). The van der Waals surface area contributed by atoms with E-state index in [1.165, 1.54) is 36.3 Å². The molecule has 1 amide bonds. The molecule has 0 N–H and O–H groups in total. The molecule has 0 radical (unpaired) electrons. The van der Waals surface area contributed by atoms with Gasteiger partial charge in [0.2, 0.25) is 5.91 Å². The van der Waals surface area contributed by atoms with Crippen LogP contribution in [0.15, 0.2) is 46.4 Å². The van der Waals surface area contributed by atoms with E-state index >= 15 is 0 Å². The van der Waals surface area contributed by atoms with Crippen LogP contribution in [-0.2, 0) is 16.1 Å². The normalized spacial score (nSPS) is 10.6. The zero-order valence-electron chi connectivity index (χ0n) is 14.1. The zero-order chi connectivity index (χ0) is 18.7. The number of ether oxygens (including phenoxy) is 1. The number of aromatic nitrogens is 1. The summed E-state index contributed by atoms with van der Waals surface area (Å²) in [5, 5.41) is 1.95. The first-order valence-corrected chi connectivity index (χ1v) is 8.56. The molecule has 0 saturated carbocycles. The highest BCUT2D eigenvalue weighted by atomic mass is 32.1. The number of para-hydroxylation sites is 1. The minimum atomic E-state index is -0.527. The average molecular weight is 374 g/mol. The lowest BCUT2D eigenvalue weighted by atomic mass is 10.3. The van der Waals surface area contributed by atoms with E-state index in [1.807, 2.05) is 0 Å². The van der Waals surface area contributed by atoms with E-state index in [2.05, 4.69) is 4.98 Å². The predicted octanol–water partition coefficient (Wildman–Crippen LogP) is 4.23. The van der Waals surface area contributed by atoms with E-state index in [0.717, 1.165) is 11.3 Å². The number of anilines is 2. The number of benzene rings is 1. The number of carbonyl (C=O) groups excluding carboxylic acids is 2. The van der Waals surface area contributed by atoms with Gasteiger partial charge in [0.05, 0.1) is 17.6 Å². The number of aryl methyl sites for hydroxylation is 1. The molecule has 3 aromatic rings. The van der Waals surface area contributed by atoms with Crippen molar-refractivity contribution >= 4 is 34.0 Å². The van der Waals surface area contributed by atoms with Crippen LogP contribution in [0.4, 0.5) is 15.2 Å². The summed E-state index contributed by atoms with van der Waals surface area (Å²) in [7, 11) is 0. The van der Waals surface area contributed by atoms with Crippen molar-refractivity contribution in [1.29, 1.82) is 0 Å². The van der Waals surface area contributed by atoms with Crippen molar-refractivity contribution in [2.45, 2.75) is 20.5 Å². The maximum absolute atomic E-state index is 14.0. The molecule has 2 aromatic heterocycles. The smallest absolute Gasteiger partial charge is 0.342 e. The van der Waals surface area contributed by atoms with Crippen LogP contribution in [-0.4, -0.2) is 16.9 Å². The van der Waals surface area contributed by atoms with Crippen LogP contribution in [0.1, 0.15) is 28.7 Å². The molecule has 0 atom stereocenters. The molecule has 0 spiro atoms. The highest BCUT2D eigenvalue weighted by molar-refractivity contribution is 7.14. The number of esters is 1. The summed E-state index contributed by atoms with van der Waals surface area (Å²) in [4.78, 5) is 29.5. The topological polar surface area (TPSA) is 72.6 Å². The summed E-state index contributed by atoms with van der Waals surface area (Å²) in [5.74, 6) is -0.956. The van der Waals surface area contributed by atoms with E-state index in [4.69, 9.17) is 9.15 Å². The first-order valence-electron chi connectivity index (χ1n) is 7.68. The molecule has 0 unspecified atom stereocenters. The third-order valence-electron chi connectivity index (χ3n) is 3.57. The highest BCUT2D eigenvalue weighted by Crippen LogP contribution is 2.30. The largest absolute Gasteiger partial charge is 0.469 e. The number of halogens is 1. The molecular formula is C18H15FN2O4S. The van der Waals surface area contributed by atoms with Crippen molar-refractivity contribution in [2.24, 2.45) is 0 Å². The van der Waals surface area contributed by atoms with Crippen molar-refractivity contribution in [1.82, 2.24) is 4.98 Å². The number of hydrogen-bond donors (Lipinski definition) is 0. The Labute approximate surface area is 152 Å². The standard InChI is InChI=1S/C18H15FN2O4S/c1-11-14(7-8-24-11)17(23)25-9-13-10-26-18(20-13)21(12(2)22)16-6-4-3-5-15(16)19/h3-8,10H,9H2,1-2H3. The molecule has 0 aliphatic rings. The first-order chi connectivity index (χ1) is 12.5. The summed E-state index contributed by atoms with van der Waals surface area (Å²) >= 11 is 1.16. The zero-order valence-corrected chi connectivity index (χ0v) is 14.9. The maximum atomic E-state index is 14.0. The summed E-state index contributed by atoms with van der Waals surface area (Å²) < 4.78 is 24.3. The van der Waals surface area contributed by atoms with Gasteiger partial charge >= 0.3 is 5.97 Å². The third kappa shape index (κ3) is 3.65. The molecule has 0 aliphatic carbocycles. The van der Waals surface area contributed by atoms with Crippen molar-refractivity contribution in [3.05, 3.63) is 64.8 Å². The van der Waals surface area contributed by atoms with E-state index in [-0.39, 0.29) is 18.2 Å². The van der Waals surface area contributed by atoms with Gasteiger partial charge in [-0.05, 0) is 25.1 Å². The summed E-state index contributed by atoms with van der Waals surface area (Å²) in [6.07, 6.45) is 1.41. The van der Waals surface area contributed by atoms with Gasteiger partial charge in [-0.15, -0.1) is 11.3 Å². The van der Waals surface area contributed by atoms with Gasteiger partial charge < -0.3 is 9.15 Å². The monoisotopic (exact) mass is 374 g/mol. The molecule has 134 valence electrons. The molecule has 6 nitrogen and oxygen atoms in total. The molecule has 2 heterocycles. The minimum absolute atomic E-state index is 0.0665. The fourth-order valence-corrected chi connectivity index (χ4v) is 3.18. The van der Waals surface area contributed by atoms with Gasteiger partial charge in [0.15, 0.2) is 5.13 Å². The number of hydrogen-bond acceptors (Lipinski definition) is 6. The number of nitrogens with zero attached hydrogens (tertiary/aromatic N) is 2. The van der Waals surface area contributed by atoms with Gasteiger partial charge in [-0.2, -0.15) is 0 Å². The van der Waals surface area contributed by atoms with Gasteiger partial charge in [-0.3, -0.25) is 9.69 Å². The molecule has 0 bridgehead atoms. The molecule has 0 fully saturated rings. The fourth-order valence-electron chi connectivity index (χ4n) is 2.32. The lowest BCUT2D eigenvalue weighted by Gasteiger charge is -2.18. The number of thiazole rings is 1.